The molecule has 0 unspecified atom stereocenters. The van der Waals surface area contributed by atoms with E-state index < -0.39 is 0 Å². The molecule has 0 nitrogen and oxygen atoms in total. The third-order valence-corrected chi connectivity index (χ3v) is 9.85. The van der Waals surface area contributed by atoms with E-state index in [1.54, 1.807) is 0 Å². The first-order chi connectivity index (χ1) is 19.9. The first-order valence-electron chi connectivity index (χ1n) is 15.2. The zero-order valence-corrected chi connectivity index (χ0v) is 31.4. The summed E-state index contributed by atoms with van der Waals surface area (Å²) in [5.41, 5.74) is 17.7. The van der Waals surface area contributed by atoms with Crippen molar-refractivity contribution in [2.24, 2.45) is 0 Å². The number of fused-ring (bicyclic) bond motifs is 5. The number of allylic oxidation sites excluding steroid dienone is 4. The Balaban J connectivity index is 0.000000258. The van der Waals surface area contributed by atoms with Gasteiger partial charge >= 0.3 is 76.7 Å². The van der Waals surface area contributed by atoms with Crippen molar-refractivity contribution < 1.29 is 49.0 Å². The van der Waals surface area contributed by atoms with Crippen molar-refractivity contribution in [3.05, 3.63) is 142 Å². The molecule has 0 amide bonds. The van der Waals surface area contributed by atoms with Gasteiger partial charge in [-0.3, -0.25) is 0 Å². The van der Waals surface area contributed by atoms with Crippen molar-refractivity contribution in [3.63, 3.8) is 0 Å². The molecule has 0 N–H and O–H groups in total. The van der Waals surface area contributed by atoms with Crippen LogP contribution in [0.2, 0.25) is 0 Å². The van der Waals surface area contributed by atoms with Crippen LogP contribution in [0.25, 0.3) is 22.3 Å². The molecule has 3 aliphatic rings. The van der Waals surface area contributed by atoms with Gasteiger partial charge < -0.3 is 24.8 Å². The number of aryl methyl sites for hydroxylation is 1. The number of rotatable bonds is 1. The molecule has 44 heavy (non-hydrogen) atoms. The van der Waals surface area contributed by atoms with Crippen molar-refractivity contribution in [2.45, 2.75) is 79.1 Å². The van der Waals surface area contributed by atoms with Gasteiger partial charge in [0.15, 0.2) is 0 Å². The van der Waals surface area contributed by atoms with E-state index in [9.17, 15) is 0 Å². The van der Waals surface area contributed by atoms with E-state index in [2.05, 4.69) is 122 Å². The maximum atomic E-state index is 2.51. The molecule has 0 atom stereocenters. The van der Waals surface area contributed by atoms with Crippen molar-refractivity contribution in [1.29, 1.82) is 0 Å². The topological polar surface area (TPSA) is 0 Å². The monoisotopic (exact) mass is 696 g/mol. The Morgan fingerprint density at radius 2 is 1.27 bits per heavy atom. The van der Waals surface area contributed by atoms with Crippen molar-refractivity contribution in [2.75, 3.05) is 0 Å². The van der Waals surface area contributed by atoms with Crippen LogP contribution in [0.1, 0.15) is 99.4 Å². The zero-order valence-electron chi connectivity index (χ0n) is 27.4. The van der Waals surface area contributed by atoms with E-state index in [-0.39, 0.29) is 35.6 Å². The molecule has 0 spiro atoms. The summed E-state index contributed by atoms with van der Waals surface area (Å²) in [5, 5.41) is 0. The van der Waals surface area contributed by atoms with Gasteiger partial charge in [0.05, 0.1) is 0 Å². The Morgan fingerprint density at radius 3 is 1.80 bits per heavy atom. The average molecular weight is 699 g/mol. The number of hydrogen-bond donors (Lipinski definition) is 0. The van der Waals surface area contributed by atoms with Gasteiger partial charge in [-0.2, -0.15) is 23.8 Å². The summed E-state index contributed by atoms with van der Waals surface area (Å²) >= 11 is 1.51. The van der Waals surface area contributed by atoms with Crippen LogP contribution in [-0.4, -0.2) is 3.21 Å². The summed E-state index contributed by atoms with van der Waals surface area (Å²) in [4.78, 5) is 0. The van der Waals surface area contributed by atoms with Crippen molar-refractivity contribution >= 4 is 14.4 Å². The molecule has 0 aromatic heterocycles. The van der Waals surface area contributed by atoms with Crippen LogP contribution in [0, 0.1) is 13.3 Å². The number of hydrogen-bond acceptors (Lipinski definition) is 0. The van der Waals surface area contributed by atoms with Crippen LogP contribution in [0.3, 0.4) is 0 Å². The molecule has 0 bridgehead atoms. The van der Waals surface area contributed by atoms with Gasteiger partial charge in [0.2, 0.25) is 0 Å². The van der Waals surface area contributed by atoms with Crippen LogP contribution in [-0.2, 0) is 41.5 Å². The SMILES string of the molecule is CC1=C[CH-]C(C)(C)c2cc3c(cc21)-c1cc2c(cc1C3)C(C)(C)CC=C2C.C[C](=[Zr+2])c1ccc(C)cc1.[Cl-].[Cl-].c1cc[cH-]c1. The van der Waals surface area contributed by atoms with Crippen molar-refractivity contribution in [3.8, 4) is 11.1 Å². The molecule has 0 saturated heterocycles. The minimum absolute atomic E-state index is 0. The summed E-state index contributed by atoms with van der Waals surface area (Å²) in [6, 6.07) is 28.6. The van der Waals surface area contributed by atoms with Gasteiger partial charge in [0.1, 0.15) is 0 Å². The van der Waals surface area contributed by atoms with E-state index in [1.807, 2.05) is 30.3 Å². The van der Waals surface area contributed by atoms with Gasteiger partial charge in [0, 0.05) is 0 Å². The molecule has 3 aliphatic carbocycles. The minimum atomic E-state index is 0. The summed E-state index contributed by atoms with van der Waals surface area (Å²) in [6.07, 6.45) is 9.28. The largest absolute Gasteiger partial charge is 1.00 e. The third kappa shape index (κ3) is 7.55. The fraction of sp³-hybridized carbons (Fsp3) is 0.293. The average Bonchev–Trinajstić information content (AvgIpc) is 3.64. The smallest absolute Gasteiger partial charge is 0.172 e. The first-order valence-corrected chi connectivity index (χ1v) is 16.4. The van der Waals surface area contributed by atoms with E-state index >= 15 is 0 Å². The molecular formula is C41H44Cl2Zr-2. The van der Waals surface area contributed by atoms with Gasteiger partial charge in [-0.1, -0.05) is 62.9 Å². The van der Waals surface area contributed by atoms with E-state index in [4.69, 9.17) is 0 Å². The summed E-state index contributed by atoms with van der Waals surface area (Å²) in [6.45, 7) is 18.2. The summed E-state index contributed by atoms with van der Waals surface area (Å²) in [5.74, 6) is 0. The maximum Gasteiger partial charge on any atom is -0.172 e. The zero-order chi connectivity index (χ0) is 30.2. The number of halogens is 2. The van der Waals surface area contributed by atoms with Crippen LogP contribution < -0.4 is 24.8 Å². The van der Waals surface area contributed by atoms with Crippen molar-refractivity contribution in [1.82, 2.24) is 0 Å². The third-order valence-electron chi connectivity index (χ3n) is 9.14. The van der Waals surface area contributed by atoms with E-state index in [0.717, 1.165) is 12.8 Å². The Labute approximate surface area is 293 Å². The molecule has 0 saturated carbocycles. The molecule has 0 radical (unpaired) electrons. The van der Waals surface area contributed by atoms with Crippen LogP contribution in [0.4, 0.5) is 0 Å². The van der Waals surface area contributed by atoms with Crippen LogP contribution in [0.15, 0.2) is 91.0 Å². The van der Waals surface area contributed by atoms with E-state index in [1.165, 1.54) is 94.2 Å². The van der Waals surface area contributed by atoms with Crippen LogP contribution >= 0.6 is 0 Å². The predicted molar refractivity (Wildman–Crippen MR) is 180 cm³/mol. The predicted octanol–water partition coefficient (Wildman–Crippen LogP) is 4.74. The fourth-order valence-electron chi connectivity index (χ4n) is 6.30. The normalized spacial score (nSPS) is 15.7. The maximum absolute atomic E-state index is 2.51. The second-order valence-electron chi connectivity index (χ2n) is 13.5. The van der Waals surface area contributed by atoms with Gasteiger partial charge in [-0.05, 0) is 70.2 Å². The summed E-state index contributed by atoms with van der Waals surface area (Å²) < 4.78 is 1.46. The molecule has 4 aromatic rings. The minimum Gasteiger partial charge on any atom is -1.00 e. The van der Waals surface area contributed by atoms with Gasteiger partial charge in [0.25, 0.3) is 0 Å². The molecule has 4 aromatic carbocycles. The van der Waals surface area contributed by atoms with Gasteiger partial charge in [-0.25, -0.2) is 24.6 Å². The number of benzene rings is 3. The Kier molecular flexibility index (Phi) is 11.8. The molecule has 0 heterocycles. The molecule has 0 fully saturated rings. The molecule has 7 rings (SSSR count). The standard InChI is InChI=1S/C27H29.C9H10.C5H5.2ClH.Zr/c1-16-7-9-26(3,4)24-12-18-11-19-13-25-21(17(2)8-10-27(25,5)6)15-23(19)22(18)14-20(16)24;1-3-9-6-4-8(2)5-7-9;1-2-4-5-3-1;;;/h7-9,12-15H,10-11H2,1-6H3;4-7H,1-2H3;1-5H;2*1H;/q-1;;-1;;;+2/p-2. The second-order valence-corrected chi connectivity index (χ2v) is 15.3. The molecule has 228 valence electrons. The Bertz CT molecular complexity index is 1580. The fourth-order valence-corrected chi connectivity index (χ4v) is 6.71. The second kappa shape index (κ2) is 14.4. The molecular weight excluding hydrogens is 655 g/mol. The van der Waals surface area contributed by atoms with Crippen LogP contribution in [0.5, 0.6) is 0 Å². The Hall–Kier alpha value is -2.31. The molecule has 0 aliphatic heterocycles. The quantitative estimate of drug-likeness (QED) is 0.222. The Morgan fingerprint density at radius 1 is 0.727 bits per heavy atom. The van der Waals surface area contributed by atoms with Gasteiger partial charge in [-0.15, -0.1) is 12.5 Å². The van der Waals surface area contributed by atoms with E-state index in [0.29, 0.717) is 0 Å². The first kappa shape index (κ1) is 36.2. The molecule has 3 heteroatoms. The summed E-state index contributed by atoms with van der Waals surface area (Å²) in [7, 11) is 0.